The summed E-state index contributed by atoms with van der Waals surface area (Å²) in [5.74, 6) is 0. The monoisotopic (exact) mass is 236 g/mol. The van der Waals surface area contributed by atoms with Crippen molar-refractivity contribution in [3.8, 4) is 0 Å². The standard InChI is InChI=1S/C14H24N2O/c1-4-8-16-10-12(9-15-16)14(17)7-5-6-13(2,3)11-14/h9-10,17H,4-8,11H2,1-3H3. The second-order valence-electron chi connectivity index (χ2n) is 6.22. The van der Waals surface area contributed by atoms with Gasteiger partial charge >= 0.3 is 0 Å². The Bertz CT molecular complexity index is 383. The first-order chi connectivity index (χ1) is 7.95. The van der Waals surface area contributed by atoms with E-state index in [1.54, 1.807) is 0 Å². The van der Waals surface area contributed by atoms with Gasteiger partial charge in [-0.15, -0.1) is 0 Å². The Hall–Kier alpha value is -0.830. The zero-order chi connectivity index (χ0) is 12.5. The maximum absolute atomic E-state index is 10.8. The molecular formula is C14H24N2O. The molecule has 1 heterocycles. The van der Waals surface area contributed by atoms with Crippen molar-refractivity contribution in [2.75, 3.05) is 0 Å². The summed E-state index contributed by atoms with van der Waals surface area (Å²) in [7, 11) is 0. The highest BCUT2D eigenvalue weighted by Crippen LogP contribution is 2.45. The third-order valence-electron chi connectivity index (χ3n) is 3.84. The second-order valence-corrected chi connectivity index (χ2v) is 6.22. The zero-order valence-corrected chi connectivity index (χ0v) is 11.2. The van der Waals surface area contributed by atoms with Crippen molar-refractivity contribution in [2.45, 2.75) is 65.0 Å². The van der Waals surface area contributed by atoms with Gasteiger partial charge in [-0.2, -0.15) is 5.10 Å². The quantitative estimate of drug-likeness (QED) is 0.875. The molecule has 1 aliphatic carbocycles. The third kappa shape index (κ3) is 2.71. The summed E-state index contributed by atoms with van der Waals surface area (Å²) in [5.41, 5.74) is 0.576. The Morgan fingerprint density at radius 3 is 2.82 bits per heavy atom. The number of aryl methyl sites for hydroxylation is 1. The van der Waals surface area contributed by atoms with E-state index in [2.05, 4.69) is 25.9 Å². The van der Waals surface area contributed by atoms with Crippen LogP contribution >= 0.6 is 0 Å². The molecule has 1 N–H and O–H groups in total. The molecule has 1 fully saturated rings. The molecule has 1 aromatic rings. The smallest absolute Gasteiger partial charge is 0.0932 e. The predicted octanol–water partition coefficient (Wildman–Crippen LogP) is 3.08. The van der Waals surface area contributed by atoms with Crippen LogP contribution in [0.1, 0.15) is 58.4 Å². The minimum atomic E-state index is -0.659. The molecule has 0 aromatic carbocycles. The van der Waals surface area contributed by atoms with E-state index >= 15 is 0 Å². The fourth-order valence-corrected chi connectivity index (χ4v) is 3.03. The molecule has 0 spiro atoms. The van der Waals surface area contributed by atoms with Gasteiger partial charge in [0.15, 0.2) is 0 Å². The molecule has 1 aliphatic rings. The first kappa shape index (κ1) is 12.6. The van der Waals surface area contributed by atoms with E-state index in [1.807, 2.05) is 17.1 Å². The molecule has 3 nitrogen and oxygen atoms in total. The van der Waals surface area contributed by atoms with Gasteiger partial charge in [-0.3, -0.25) is 4.68 Å². The molecule has 0 aliphatic heterocycles. The van der Waals surface area contributed by atoms with E-state index in [1.165, 1.54) is 6.42 Å². The lowest BCUT2D eigenvalue weighted by Crippen LogP contribution is -2.36. The van der Waals surface area contributed by atoms with Crippen LogP contribution in [0.4, 0.5) is 0 Å². The maximum atomic E-state index is 10.8. The number of nitrogens with zero attached hydrogens (tertiary/aromatic N) is 2. The third-order valence-corrected chi connectivity index (χ3v) is 3.84. The summed E-state index contributed by atoms with van der Waals surface area (Å²) in [6, 6.07) is 0. The summed E-state index contributed by atoms with van der Waals surface area (Å²) in [6.07, 6.45) is 8.96. The molecule has 0 radical (unpaired) electrons. The first-order valence-electron chi connectivity index (χ1n) is 6.70. The van der Waals surface area contributed by atoms with Gasteiger partial charge in [-0.05, 0) is 37.5 Å². The van der Waals surface area contributed by atoms with Crippen LogP contribution in [0.2, 0.25) is 0 Å². The van der Waals surface area contributed by atoms with Crippen LogP contribution in [0.3, 0.4) is 0 Å². The van der Waals surface area contributed by atoms with Gasteiger partial charge in [0.05, 0.1) is 11.8 Å². The van der Waals surface area contributed by atoms with Crippen LogP contribution < -0.4 is 0 Å². The number of hydrogen-bond acceptors (Lipinski definition) is 2. The Morgan fingerprint density at radius 1 is 1.41 bits per heavy atom. The van der Waals surface area contributed by atoms with Gasteiger partial charge in [0.2, 0.25) is 0 Å². The van der Waals surface area contributed by atoms with Gasteiger partial charge in [0, 0.05) is 18.3 Å². The molecule has 1 aromatic heterocycles. The van der Waals surface area contributed by atoms with Gasteiger partial charge in [0.1, 0.15) is 0 Å². The van der Waals surface area contributed by atoms with E-state index in [0.29, 0.717) is 0 Å². The van der Waals surface area contributed by atoms with E-state index < -0.39 is 5.60 Å². The fourth-order valence-electron chi connectivity index (χ4n) is 3.03. The van der Waals surface area contributed by atoms with Crippen molar-refractivity contribution >= 4 is 0 Å². The average molecular weight is 236 g/mol. The number of hydrogen-bond donors (Lipinski definition) is 1. The number of aromatic nitrogens is 2. The van der Waals surface area contributed by atoms with Crippen molar-refractivity contribution in [1.82, 2.24) is 9.78 Å². The Kier molecular flexibility index (Phi) is 3.30. The molecule has 17 heavy (non-hydrogen) atoms. The highest BCUT2D eigenvalue weighted by Gasteiger charge is 2.40. The Balaban J connectivity index is 2.18. The molecule has 0 bridgehead atoms. The maximum Gasteiger partial charge on any atom is 0.0932 e. The number of rotatable bonds is 3. The Morgan fingerprint density at radius 2 is 2.18 bits per heavy atom. The van der Waals surface area contributed by atoms with Crippen molar-refractivity contribution < 1.29 is 5.11 Å². The van der Waals surface area contributed by atoms with Crippen LogP contribution in [0.15, 0.2) is 12.4 Å². The van der Waals surface area contributed by atoms with Crippen molar-refractivity contribution in [2.24, 2.45) is 5.41 Å². The largest absolute Gasteiger partial charge is 0.385 e. The van der Waals surface area contributed by atoms with E-state index in [9.17, 15) is 5.11 Å². The SMILES string of the molecule is CCCn1cc(C2(O)CCCC(C)(C)C2)cn1. The minimum absolute atomic E-state index is 0.236. The summed E-state index contributed by atoms with van der Waals surface area (Å²) in [4.78, 5) is 0. The lowest BCUT2D eigenvalue weighted by molar-refractivity contribution is -0.0441. The highest BCUT2D eigenvalue weighted by atomic mass is 16.3. The Labute approximate surface area is 104 Å². The lowest BCUT2D eigenvalue weighted by atomic mass is 9.68. The average Bonchev–Trinajstić information content (AvgIpc) is 2.65. The summed E-state index contributed by atoms with van der Waals surface area (Å²) in [6.45, 7) is 7.56. The van der Waals surface area contributed by atoms with Crippen LogP contribution in [0.5, 0.6) is 0 Å². The van der Waals surface area contributed by atoms with E-state index in [0.717, 1.165) is 37.8 Å². The molecule has 2 rings (SSSR count). The first-order valence-corrected chi connectivity index (χ1v) is 6.70. The molecule has 0 amide bonds. The van der Waals surface area contributed by atoms with Gasteiger partial charge < -0.3 is 5.11 Å². The fraction of sp³-hybridized carbons (Fsp3) is 0.786. The molecule has 3 heteroatoms. The van der Waals surface area contributed by atoms with E-state index in [4.69, 9.17) is 0 Å². The van der Waals surface area contributed by atoms with Gasteiger partial charge in [0.25, 0.3) is 0 Å². The zero-order valence-electron chi connectivity index (χ0n) is 11.2. The lowest BCUT2D eigenvalue weighted by Gasteiger charge is -2.41. The van der Waals surface area contributed by atoms with Crippen molar-refractivity contribution in [3.05, 3.63) is 18.0 Å². The number of aliphatic hydroxyl groups is 1. The van der Waals surface area contributed by atoms with Crippen LogP contribution in [0, 0.1) is 5.41 Å². The summed E-state index contributed by atoms with van der Waals surface area (Å²) >= 11 is 0. The second kappa shape index (κ2) is 4.45. The highest BCUT2D eigenvalue weighted by molar-refractivity contribution is 5.17. The molecule has 96 valence electrons. The topological polar surface area (TPSA) is 38.0 Å². The van der Waals surface area contributed by atoms with Crippen LogP contribution in [-0.2, 0) is 12.1 Å². The van der Waals surface area contributed by atoms with Gasteiger partial charge in [-0.25, -0.2) is 0 Å². The summed E-state index contributed by atoms with van der Waals surface area (Å²) < 4.78 is 1.94. The van der Waals surface area contributed by atoms with Crippen LogP contribution in [0.25, 0.3) is 0 Å². The molecular weight excluding hydrogens is 212 g/mol. The van der Waals surface area contributed by atoms with E-state index in [-0.39, 0.29) is 5.41 Å². The normalized spacial score (nSPS) is 28.2. The molecule has 1 unspecified atom stereocenters. The molecule has 1 atom stereocenters. The predicted molar refractivity (Wildman–Crippen MR) is 68.7 cm³/mol. The minimum Gasteiger partial charge on any atom is -0.385 e. The summed E-state index contributed by atoms with van der Waals surface area (Å²) in [5, 5.41) is 15.1. The van der Waals surface area contributed by atoms with Crippen molar-refractivity contribution in [1.29, 1.82) is 0 Å². The van der Waals surface area contributed by atoms with Crippen LogP contribution in [-0.4, -0.2) is 14.9 Å². The molecule has 0 saturated heterocycles. The van der Waals surface area contributed by atoms with Crippen molar-refractivity contribution in [3.63, 3.8) is 0 Å². The molecule has 1 saturated carbocycles. The van der Waals surface area contributed by atoms with Gasteiger partial charge in [-0.1, -0.05) is 20.8 Å².